The molecule has 1 aliphatic heterocycles. The summed E-state index contributed by atoms with van der Waals surface area (Å²) in [7, 11) is 0. The number of nitrogens with zero attached hydrogens (tertiary/aromatic N) is 1. The zero-order valence-electron chi connectivity index (χ0n) is 21.4. The van der Waals surface area contributed by atoms with Gasteiger partial charge in [0.05, 0.1) is 17.1 Å². The van der Waals surface area contributed by atoms with E-state index in [1.807, 2.05) is 55.5 Å². The van der Waals surface area contributed by atoms with Gasteiger partial charge >= 0.3 is 18.1 Å². The molecule has 0 spiro atoms. The lowest BCUT2D eigenvalue weighted by Gasteiger charge is -2.10. The molecule has 0 saturated carbocycles. The Kier molecular flexibility index (Phi) is 8.34. The number of carboxylic acids is 2. The number of halogens is 3. The summed E-state index contributed by atoms with van der Waals surface area (Å²) in [6.07, 6.45) is -2.66. The number of carbonyl (C=O) groups excluding carboxylic acids is 1. The standard InChI is InChI=1S/C27H25N3O3.C2HF3O2/c1-16-29-24-15-21(14-22(27(32)33)26(24)30-16)19-9-7-18(8-10-19)20-5-2-4-17(12-20)13-25(31)23-6-3-11-28-23;3-2(4,5)1(6)7/h2,4-5,7-10,12,14-15,23,28H,3,6,11,13H2,1H3,(H,29,30)(H,32,33);(H,6,7). The van der Waals surface area contributed by atoms with E-state index in [4.69, 9.17) is 9.90 Å². The zero-order valence-corrected chi connectivity index (χ0v) is 21.4. The Morgan fingerprint density at radius 1 is 0.950 bits per heavy atom. The smallest absolute Gasteiger partial charge is 0.478 e. The van der Waals surface area contributed by atoms with Crippen LogP contribution in [-0.2, 0) is 16.0 Å². The minimum Gasteiger partial charge on any atom is -0.478 e. The molecule has 40 heavy (non-hydrogen) atoms. The van der Waals surface area contributed by atoms with E-state index in [-0.39, 0.29) is 17.4 Å². The third-order valence-corrected chi connectivity index (χ3v) is 6.48. The molecular weight excluding hydrogens is 527 g/mol. The van der Waals surface area contributed by atoms with Crippen molar-refractivity contribution in [1.82, 2.24) is 15.3 Å². The van der Waals surface area contributed by atoms with Gasteiger partial charge in [-0.05, 0) is 66.3 Å². The number of hydrogen-bond acceptors (Lipinski definition) is 5. The van der Waals surface area contributed by atoms with Crippen LogP contribution in [0, 0.1) is 6.92 Å². The van der Waals surface area contributed by atoms with Gasteiger partial charge in [0.25, 0.3) is 0 Å². The van der Waals surface area contributed by atoms with Gasteiger partial charge in [0, 0.05) is 6.42 Å². The Hall–Kier alpha value is -4.51. The lowest BCUT2D eigenvalue weighted by Crippen LogP contribution is -2.31. The number of carboxylic acid groups (broad SMARTS) is 2. The van der Waals surface area contributed by atoms with Crippen molar-refractivity contribution in [3.05, 3.63) is 77.6 Å². The Morgan fingerprint density at radius 3 is 2.17 bits per heavy atom. The largest absolute Gasteiger partial charge is 0.490 e. The maximum Gasteiger partial charge on any atom is 0.490 e. The van der Waals surface area contributed by atoms with Crippen LogP contribution in [-0.4, -0.2) is 56.7 Å². The molecule has 1 saturated heterocycles. The molecule has 4 aromatic rings. The Morgan fingerprint density at radius 2 is 1.60 bits per heavy atom. The minimum atomic E-state index is -5.08. The third-order valence-electron chi connectivity index (χ3n) is 6.48. The van der Waals surface area contributed by atoms with Crippen molar-refractivity contribution in [2.75, 3.05) is 6.54 Å². The van der Waals surface area contributed by atoms with Gasteiger partial charge in [-0.15, -0.1) is 0 Å². The first-order valence-electron chi connectivity index (χ1n) is 12.4. The number of benzene rings is 3. The summed E-state index contributed by atoms with van der Waals surface area (Å²) in [6, 6.07) is 19.7. The van der Waals surface area contributed by atoms with E-state index in [0.717, 1.165) is 47.2 Å². The van der Waals surface area contributed by atoms with E-state index in [2.05, 4.69) is 21.4 Å². The monoisotopic (exact) mass is 553 g/mol. The van der Waals surface area contributed by atoms with Gasteiger partial charge in [0.1, 0.15) is 11.3 Å². The van der Waals surface area contributed by atoms with E-state index in [1.54, 1.807) is 6.07 Å². The number of aryl methyl sites for hydroxylation is 1. The van der Waals surface area contributed by atoms with Crippen LogP contribution in [0.2, 0.25) is 0 Å². The molecule has 1 atom stereocenters. The number of Topliss-reactive ketones (excluding diaryl/α,β-unsaturated/α-hetero) is 1. The summed E-state index contributed by atoms with van der Waals surface area (Å²) < 4.78 is 31.7. The van der Waals surface area contributed by atoms with Crippen LogP contribution in [0.15, 0.2) is 60.7 Å². The van der Waals surface area contributed by atoms with Gasteiger partial charge in [-0.2, -0.15) is 13.2 Å². The molecule has 0 aliphatic carbocycles. The van der Waals surface area contributed by atoms with E-state index in [9.17, 15) is 27.9 Å². The van der Waals surface area contributed by atoms with Crippen LogP contribution >= 0.6 is 0 Å². The normalized spacial score (nSPS) is 14.9. The number of H-pyrrole nitrogens is 1. The van der Waals surface area contributed by atoms with Gasteiger partial charge in [-0.25, -0.2) is 14.6 Å². The molecule has 1 aromatic heterocycles. The number of aromatic nitrogens is 2. The molecule has 1 unspecified atom stereocenters. The fourth-order valence-corrected chi connectivity index (χ4v) is 4.57. The summed E-state index contributed by atoms with van der Waals surface area (Å²) in [5, 5.41) is 20.0. The first kappa shape index (κ1) is 28.5. The number of imidazole rings is 1. The van der Waals surface area contributed by atoms with E-state index in [1.165, 1.54) is 0 Å². The van der Waals surface area contributed by atoms with Crippen molar-refractivity contribution < 1.29 is 37.8 Å². The fourth-order valence-electron chi connectivity index (χ4n) is 4.57. The molecule has 1 fully saturated rings. The van der Waals surface area contributed by atoms with Crippen molar-refractivity contribution >= 4 is 28.8 Å². The van der Waals surface area contributed by atoms with Crippen LogP contribution in [0.5, 0.6) is 0 Å². The quantitative estimate of drug-likeness (QED) is 0.251. The summed E-state index contributed by atoms with van der Waals surface area (Å²) in [5.41, 5.74) is 6.22. The number of fused-ring (bicyclic) bond motifs is 1. The first-order valence-corrected chi connectivity index (χ1v) is 12.4. The lowest BCUT2D eigenvalue weighted by atomic mass is 9.96. The molecule has 0 bridgehead atoms. The highest BCUT2D eigenvalue weighted by Gasteiger charge is 2.38. The van der Waals surface area contributed by atoms with Crippen LogP contribution in [0.1, 0.15) is 34.6 Å². The second kappa shape index (κ2) is 11.7. The Balaban J connectivity index is 0.000000470. The highest BCUT2D eigenvalue weighted by atomic mass is 19.4. The number of aliphatic carboxylic acids is 1. The topological polar surface area (TPSA) is 132 Å². The molecule has 0 radical (unpaired) electrons. The van der Waals surface area contributed by atoms with Crippen molar-refractivity contribution in [1.29, 1.82) is 0 Å². The molecule has 11 heteroatoms. The molecule has 3 aromatic carbocycles. The highest BCUT2D eigenvalue weighted by molar-refractivity contribution is 6.03. The van der Waals surface area contributed by atoms with Crippen molar-refractivity contribution in [3.8, 4) is 22.3 Å². The SMILES string of the molecule is Cc1nc2c(C(=O)O)cc(-c3ccc(-c4cccc(CC(=O)C5CCCN5)c4)cc3)cc2[nH]1.O=C(O)C(F)(F)F. The number of aromatic carboxylic acids is 1. The Labute approximate surface area is 226 Å². The number of carbonyl (C=O) groups is 3. The number of alkyl halides is 3. The summed E-state index contributed by atoms with van der Waals surface area (Å²) in [6.45, 7) is 2.73. The maximum absolute atomic E-state index is 12.5. The van der Waals surface area contributed by atoms with Gasteiger partial charge in [0.15, 0.2) is 5.78 Å². The van der Waals surface area contributed by atoms with Gasteiger partial charge in [-0.1, -0.05) is 48.5 Å². The number of nitrogens with one attached hydrogen (secondary N) is 2. The summed E-state index contributed by atoms with van der Waals surface area (Å²) >= 11 is 0. The molecule has 5 rings (SSSR count). The van der Waals surface area contributed by atoms with Gasteiger partial charge < -0.3 is 20.5 Å². The number of rotatable bonds is 6. The first-order chi connectivity index (χ1) is 18.9. The fraction of sp³-hybridized carbons (Fsp3) is 0.241. The second-order valence-electron chi connectivity index (χ2n) is 9.42. The molecular formula is C29H26F3N3O5. The summed E-state index contributed by atoms with van der Waals surface area (Å²) in [5.74, 6) is -2.82. The predicted octanol–water partition coefficient (Wildman–Crippen LogP) is 5.40. The summed E-state index contributed by atoms with van der Waals surface area (Å²) in [4.78, 5) is 40.6. The molecule has 2 heterocycles. The van der Waals surface area contributed by atoms with Gasteiger partial charge in [0.2, 0.25) is 0 Å². The highest BCUT2D eigenvalue weighted by Crippen LogP contribution is 2.29. The van der Waals surface area contributed by atoms with Crippen LogP contribution in [0.4, 0.5) is 13.2 Å². The van der Waals surface area contributed by atoms with Crippen molar-refractivity contribution in [3.63, 3.8) is 0 Å². The van der Waals surface area contributed by atoms with Crippen molar-refractivity contribution in [2.24, 2.45) is 0 Å². The van der Waals surface area contributed by atoms with E-state index in [0.29, 0.717) is 23.3 Å². The predicted molar refractivity (Wildman–Crippen MR) is 142 cm³/mol. The average molecular weight is 554 g/mol. The molecule has 1 aliphatic rings. The van der Waals surface area contributed by atoms with Crippen LogP contribution in [0.25, 0.3) is 33.3 Å². The second-order valence-corrected chi connectivity index (χ2v) is 9.42. The molecule has 8 nitrogen and oxygen atoms in total. The van der Waals surface area contributed by atoms with E-state index >= 15 is 0 Å². The maximum atomic E-state index is 12.5. The zero-order chi connectivity index (χ0) is 29.0. The number of aromatic amines is 1. The molecule has 4 N–H and O–H groups in total. The van der Waals surface area contributed by atoms with Gasteiger partial charge in [-0.3, -0.25) is 4.79 Å². The minimum absolute atomic E-state index is 0.0142. The lowest BCUT2D eigenvalue weighted by molar-refractivity contribution is -0.192. The number of ketones is 1. The number of hydrogen-bond donors (Lipinski definition) is 4. The third kappa shape index (κ3) is 6.73. The Bertz CT molecular complexity index is 1560. The van der Waals surface area contributed by atoms with Crippen LogP contribution < -0.4 is 5.32 Å². The van der Waals surface area contributed by atoms with E-state index < -0.39 is 18.1 Å². The molecule has 0 amide bonds. The average Bonchev–Trinajstić information content (AvgIpc) is 3.57. The molecule has 208 valence electrons. The van der Waals surface area contributed by atoms with Crippen LogP contribution in [0.3, 0.4) is 0 Å². The van der Waals surface area contributed by atoms with Crippen molar-refractivity contribution in [2.45, 2.75) is 38.4 Å².